The summed E-state index contributed by atoms with van der Waals surface area (Å²) in [4.78, 5) is 4.40. The summed E-state index contributed by atoms with van der Waals surface area (Å²) in [5, 5.41) is 4.00. The fourth-order valence-electron chi connectivity index (χ4n) is 2.13. The van der Waals surface area contributed by atoms with Crippen LogP contribution in [0.4, 0.5) is 5.69 Å². The molecular weight excluding hydrogens is 230 g/mol. The number of nitrogens with zero attached hydrogens (tertiary/aromatic N) is 2. The lowest BCUT2D eigenvalue weighted by Gasteiger charge is -2.01. The third-order valence-corrected chi connectivity index (χ3v) is 3.10. The number of benzene rings is 1. The molecule has 0 bridgehead atoms. The number of nitrogens with two attached hydrogens (primary N) is 1. The molecule has 1 unspecified atom stereocenters. The largest absolute Gasteiger partial charge is 0.399 e. The van der Waals surface area contributed by atoms with Gasteiger partial charge in [0.2, 0.25) is 0 Å². The molecule has 2 N–H and O–H groups in total. The van der Waals surface area contributed by atoms with Crippen molar-refractivity contribution in [3.63, 3.8) is 0 Å². The van der Waals surface area contributed by atoms with Crippen molar-refractivity contribution in [2.45, 2.75) is 12.8 Å². The van der Waals surface area contributed by atoms with Crippen LogP contribution in [0.25, 0.3) is 11.5 Å². The van der Waals surface area contributed by atoms with Gasteiger partial charge in [0.15, 0.2) is 5.82 Å². The first-order chi connectivity index (χ1) is 8.81. The molecule has 1 aliphatic rings. The van der Waals surface area contributed by atoms with Gasteiger partial charge in [-0.15, -0.1) is 0 Å². The van der Waals surface area contributed by atoms with Gasteiger partial charge in [0.05, 0.1) is 0 Å². The summed E-state index contributed by atoms with van der Waals surface area (Å²) in [6.45, 7) is 1.63. The Morgan fingerprint density at radius 2 is 2.33 bits per heavy atom. The van der Waals surface area contributed by atoms with Crippen LogP contribution in [0.1, 0.15) is 12.2 Å². The van der Waals surface area contributed by atoms with Crippen LogP contribution in [0.5, 0.6) is 0 Å². The number of hydrogen-bond donors (Lipinski definition) is 1. The summed E-state index contributed by atoms with van der Waals surface area (Å²) in [5.41, 5.74) is 7.28. The molecule has 1 aromatic heterocycles. The van der Waals surface area contributed by atoms with Gasteiger partial charge in [-0.25, -0.2) is 0 Å². The number of nitrogen functional groups attached to an aromatic ring is 1. The molecule has 1 fully saturated rings. The van der Waals surface area contributed by atoms with E-state index in [1.165, 1.54) is 0 Å². The number of anilines is 1. The molecule has 2 heterocycles. The molecule has 0 saturated carbocycles. The minimum Gasteiger partial charge on any atom is -0.399 e. The van der Waals surface area contributed by atoms with Gasteiger partial charge in [-0.2, -0.15) is 4.98 Å². The zero-order valence-electron chi connectivity index (χ0n) is 10.0. The van der Waals surface area contributed by atoms with E-state index in [4.69, 9.17) is 15.0 Å². The van der Waals surface area contributed by atoms with Crippen molar-refractivity contribution < 1.29 is 9.26 Å². The average molecular weight is 245 g/mol. The van der Waals surface area contributed by atoms with Gasteiger partial charge in [-0.05, 0) is 30.5 Å². The van der Waals surface area contributed by atoms with Crippen LogP contribution in [0.2, 0.25) is 0 Å². The standard InChI is InChI=1S/C13H15N3O2/c14-11-3-1-2-10(7-11)13-15-12(16-18-13)6-9-4-5-17-8-9/h1-3,7,9H,4-6,8,14H2. The summed E-state index contributed by atoms with van der Waals surface area (Å²) in [6.07, 6.45) is 1.88. The molecule has 5 heteroatoms. The molecular formula is C13H15N3O2. The van der Waals surface area contributed by atoms with E-state index in [0.29, 0.717) is 17.5 Å². The summed E-state index contributed by atoms with van der Waals surface area (Å²) >= 11 is 0. The van der Waals surface area contributed by atoms with E-state index in [0.717, 1.165) is 37.4 Å². The molecule has 94 valence electrons. The van der Waals surface area contributed by atoms with Crippen molar-refractivity contribution in [3.8, 4) is 11.5 Å². The van der Waals surface area contributed by atoms with E-state index < -0.39 is 0 Å². The predicted octanol–water partition coefficient (Wildman–Crippen LogP) is 1.90. The third-order valence-electron chi connectivity index (χ3n) is 3.10. The van der Waals surface area contributed by atoms with E-state index in [1.807, 2.05) is 24.3 Å². The summed E-state index contributed by atoms with van der Waals surface area (Å²) in [7, 11) is 0. The molecule has 5 nitrogen and oxygen atoms in total. The number of aromatic nitrogens is 2. The quantitative estimate of drug-likeness (QED) is 0.836. The van der Waals surface area contributed by atoms with Gasteiger partial charge in [0, 0.05) is 30.9 Å². The zero-order valence-corrected chi connectivity index (χ0v) is 10.0. The molecule has 0 aliphatic carbocycles. The van der Waals surface area contributed by atoms with Gasteiger partial charge < -0.3 is 15.0 Å². The van der Waals surface area contributed by atoms with E-state index >= 15 is 0 Å². The molecule has 1 aliphatic heterocycles. The van der Waals surface area contributed by atoms with E-state index in [9.17, 15) is 0 Å². The second-order valence-corrected chi connectivity index (χ2v) is 4.57. The molecule has 0 radical (unpaired) electrons. The highest BCUT2D eigenvalue weighted by atomic mass is 16.5. The lowest BCUT2D eigenvalue weighted by atomic mass is 10.1. The number of ether oxygens (including phenoxy) is 1. The van der Waals surface area contributed by atoms with Gasteiger partial charge in [-0.1, -0.05) is 11.2 Å². The Hall–Kier alpha value is -1.88. The third kappa shape index (κ3) is 2.36. The minimum atomic E-state index is 0.510. The highest BCUT2D eigenvalue weighted by Gasteiger charge is 2.19. The average Bonchev–Trinajstić information content (AvgIpc) is 3.01. The zero-order chi connectivity index (χ0) is 12.4. The highest BCUT2D eigenvalue weighted by molar-refractivity contribution is 5.59. The Morgan fingerprint density at radius 1 is 1.39 bits per heavy atom. The Labute approximate surface area is 105 Å². The maximum atomic E-state index is 5.73. The van der Waals surface area contributed by atoms with Crippen molar-refractivity contribution in [2.75, 3.05) is 18.9 Å². The van der Waals surface area contributed by atoms with Crippen LogP contribution >= 0.6 is 0 Å². The Kier molecular flexibility index (Phi) is 2.98. The first-order valence-electron chi connectivity index (χ1n) is 6.07. The van der Waals surface area contributed by atoms with Crippen LogP contribution in [0.15, 0.2) is 28.8 Å². The molecule has 0 spiro atoms. The Balaban J connectivity index is 1.76. The fraction of sp³-hybridized carbons (Fsp3) is 0.385. The van der Waals surface area contributed by atoms with Crippen LogP contribution in [-0.4, -0.2) is 23.4 Å². The van der Waals surface area contributed by atoms with Crippen molar-refractivity contribution in [1.82, 2.24) is 10.1 Å². The second-order valence-electron chi connectivity index (χ2n) is 4.57. The molecule has 3 rings (SSSR count). The predicted molar refractivity (Wildman–Crippen MR) is 66.8 cm³/mol. The summed E-state index contributed by atoms with van der Waals surface area (Å²) < 4.78 is 10.6. The molecule has 1 saturated heterocycles. The maximum absolute atomic E-state index is 5.73. The lowest BCUT2D eigenvalue weighted by Crippen LogP contribution is -2.04. The van der Waals surface area contributed by atoms with E-state index in [1.54, 1.807) is 0 Å². The van der Waals surface area contributed by atoms with Gasteiger partial charge in [0.1, 0.15) is 0 Å². The van der Waals surface area contributed by atoms with Gasteiger partial charge in [0.25, 0.3) is 5.89 Å². The van der Waals surface area contributed by atoms with Crippen LogP contribution in [0, 0.1) is 5.92 Å². The van der Waals surface area contributed by atoms with Crippen LogP contribution < -0.4 is 5.73 Å². The smallest absolute Gasteiger partial charge is 0.257 e. The minimum absolute atomic E-state index is 0.510. The Morgan fingerprint density at radius 3 is 3.11 bits per heavy atom. The van der Waals surface area contributed by atoms with E-state index in [2.05, 4.69) is 10.1 Å². The van der Waals surface area contributed by atoms with Crippen LogP contribution in [0.3, 0.4) is 0 Å². The van der Waals surface area contributed by atoms with Gasteiger partial charge in [-0.3, -0.25) is 0 Å². The monoisotopic (exact) mass is 245 g/mol. The second kappa shape index (κ2) is 4.78. The highest BCUT2D eigenvalue weighted by Crippen LogP contribution is 2.21. The first-order valence-corrected chi connectivity index (χ1v) is 6.07. The summed E-state index contributed by atoms with van der Waals surface area (Å²) in [6, 6.07) is 7.44. The number of rotatable bonds is 3. The molecule has 18 heavy (non-hydrogen) atoms. The van der Waals surface area contributed by atoms with Crippen molar-refractivity contribution in [2.24, 2.45) is 5.92 Å². The maximum Gasteiger partial charge on any atom is 0.257 e. The topological polar surface area (TPSA) is 74.2 Å². The SMILES string of the molecule is Nc1cccc(-c2nc(CC3CCOC3)no2)c1. The van der Waals surface area contributed by atoms with Crippen molar-refractivity contribution >= 4 is 5.69 Å². The fourth-order valence-corrected chi connectivity index (χ4v) is 2.13. The molecule has 2 aromatic rings. The summed E-state index contributed by atoms with van der Waals surface area (Å²) in [5.74, 6) is 1.77. The van der Waals surface area contributed by atoms with Gasteiger partial charge >= 0.3 is 0 Å². The molecule has 0 amide bonds. The first kappa shape index (κ1) is 11.2. The normalized spacial score (nSPS) is 19.2. The van der Waals surface area contributed by atoms with E-state index in [-0.39, 0.29) is 0 Å². The number of hydrogen-bond acceptors (Lipinski definition) is 5. The van der Waals surface area contributed by atoms with Crippen LogP contribution in [-0.2, 0) is 11.2 Å². The van der Waals surface area contributed by atoms with Crippen molar-refractivity contribution in [3.05, 3.63) is 30.1 Å². The Bertz CT molecular complexity index is 533. The van der Waals surface area contributed by atoms with Crippen molar-refractivity contribution in [1.29, 1.82) is 0 Å². The molecule has 1 aromatic carbocycles. The molecule has 1 atom stereocenters. The lowest BCUT2D eigenvalue weighted by molar-refractivity contribution is 0.185.